The first-order chi connectivity index (χ1) is 13.6. The molecule has 0 amide bonds. The highest BCUT2D eigenvalue weighted by Gasteiger charge is 2.44. The summed E-state index contributed by atoms with van der Waals surface area (Å²) in [6.07, 6.45) is 11.7. The molecule has 0 bridgehead atoms. The lowest BCUT2D eigenvalue weighted by atomic mass is 9.65. The number of aliphatic hydroxyl groups excluding tert-OH is 1. The van der Waals surface area contributed by atoms with E-state index in [4.69, 9.17) is 0 Å². The summed E-state index contributed by atoms with van der Waals surface area (Å²) < 4.78 is 0. The summed E-state index contributed by atoms with van der Waals surface area (Å²) in [7, 11) is 0. The molecular weight excluding hydrogens is 358 g/mol. The summed E-state index contributed by atoms with van der Waals surface area (Å²) in [5.74, 6) is 1.27. The van der Waals surface area contributed by atoms with Crippen LogP contribution >= 0.6 is 0 Å². The maximum absolute atomic E-state index is 10.5. The lowest BCUT2D eigenvalue weighted by Gasteiger charge is -2.49. The molecule has 1 fully saturated rings. The number of rotatable bonds is 8. The number of aromatic nitrogens is 2. The van der Waals surface area contributed by atoms with E-state index in [1.54, 1.807) is 12.4 Å². The van der Waals surface area contributed by atoms with Gasteiger partial charge in [0.2, 0.25) is 0 Å². The smallest absolute Gasteiger partial charge is 0.0925 e. The number of nitrogens with zero attached hydrogens (tertiary/aromatic N) is 3. The van der Waals surface area contributed by atoms with Crippen LogP contribution in [-0.4, -0.2) is 39.6 Å². The summed E-state index contributed by atoms with van der Waals surface area (Å²) >= 11 is 0. The molecule has 4 heteroatoms. The number of hydrogen-bond acceptors (Lipinski definition) is 4. The quantitative estimate of drug-likeness (QED) is 0.421. The number of likely N-dealkylation sites (tertiary alicyclic amines) is 1. The normalized spacial score (nSPS) is 25.0. The van der Waals surface area contributed by atoms with E-state index in [1.807, 2.05) is 6.20 Å². The molecule has 1 saturated heterocycles. The summed E-state index contributed by atoms with van der Waals surface area (Å²) in [5, 5.41) is 10.5. The Morgan fingerprint density at radius 3 is 2.69 bits per heavy atom. The van der Waals surface area contributed by atoms with E-state index in [2.05, 4.69) is 69.1 Å². The second-order valence-electron chi connectivity index (χ2n) is 10.2. The van der Waals surface area contributed by atoms with Crippen molar-refractivity contribution in [1.29, 1.82) is 0 Å². The van der Waals surface area contributed by atoms with Crippen molar-refractivity contribution in [2.75, 3.05) is 19.6 Å². The van der Waals surface area contributed by atoms with Crippen LogP contribution in [0.25, 0.3) is 0 Å². The molecule has 1 N–H and O–H groups in total. The van der Waals surface area contributed by atoms with Crippen molar-refractivity contribution >= 4 is 0 Å². The van der Waals surface area contributed by atoms with Crippen LogP contribution in [0.2, 0.25) is 0 Å². The predicted molar refractivity (Wildman–Crippen MR) is 122 cm³/mol. The summed E-state index contributed by atoms with van der Waals surface area (Å²) in [6, 6.07) is 0. The van der Waals surface area contributed by atoms with Crippen LogP contribution in [0.1, 0.15) is 78.8 Å². The number of piperidine rings is 1. The van der Waals surface area contributed by atoms with E-state index in [-0.39, 0.29) is 10.8 Å². The van der Waals surface area contributed by atoms with Crippen molar-refractivity contribution in [1.82, 2.24) is 14.9 Å². The van der Waals surface area contributed by atoms with Crippen LogP contribution < -0.4 is 0 Å². The topological polar surface area (TPSA) is 49.2 Å². The first-order valence-electron chi connectivity index (χ1n) is 11.1. The van der Waals surface area contributed by atoms with Gasteiger partial charge in [-0.25, -0.2) is 0 Å². The monoisotopic (exact) mass is 399 g/mol. The summed E-state index contributed by atoms with van der Waals surface area (Å²) in [4.78, 5) is 11.1. The molecule has 29 heavy (non-hydrogen) atoms. The van der Waals surface area contributed by atoms with Crippen LogP contribution in [0.3, 0.4) is 0 Å². The molecule has 1 aliphatic heterocycles. The Bertz CT molecular complexity index is 692. The van der Waals surface area contributed by atoms with Gasteiger partial charge in [-0.15, -0.1) is 0 Å². The van der Waals surface area contributed by atoms with E-state index in [0.717, 1.165) is 51.0 Å². The largest absolute Gasteiger partial charge is 0.512 e. The molecule has 0 radical (unpaired) electrons. The second-order valence-corrected chi connectivity index (χ2v) is 10.2. The van der Waals surface area contributed by atoms with Crippen molar-refractivity contribution in [3.8, 4) is 0 Å². The summed E-state index contributed by atoms with van der Waals surface area (Å²) in [5.41, 5.74) is 2.45. The maximum atomic E-state index is 10.5. The van der Waals surface area contributed by atoms with Crippen molar-refractivity contribution in [3.63, 3.8) is 0 Å². The van der Waals surface area contributed by atoms with Crippen LogP contribution in [-0.2, 0) is 0 Å². The molecule has 0 spiro atoms. The fraction of sp³-hybridized carbons (Fsp3) is 0.680. The van der Waals surface area contributed by atoms with Crippen molar-refractivity contribution < 1.29 is 5.11 Å². The predicted octanol–water partition coefficient (Wildman–Crippen LogP) is 6.14. The Morgan fingerprint density at radius 2 is 2.14 bits per heavy atom. The zero-order valence-corrected chi connectivity index (χ0v) is 19.4. The Labute approximate surface area is 178 Å². The van der Waals surface area contributed by atoms with Crippen molar-refractivity contribution in [2.24, 2.45) is 16.7 Å². The van der Waals surface area contributed by atoms with Gasteiger partial charge in [0.15, 0.2) is 0 Å². The lowest BCUT2D eigenvalue weighted by molar-refractivity contribution is 0.00278. The van der Waals surface area contributed by atoms with Gasteiger partial charge in [0, 0.05) is 49.6 Å². The van der Waals surface area contributed by atoms with Gasteiger partial charge in [0.05, 0.1) is 11.5 Å². The first kappa shape index (κ1) is 23.6. The van der Waals surface area contributed by atoms with E-state index in [0.29, 0.717) is 17.6 Å². The molecule has 3 unspecified atom stereocenters. The fourth-order valence-corrected chi connectivity index (χ4v) is 4.60. The van der Waals surface area contributed by atoms with Gasteiger partial charge < -0.3 is 5.11 Å². The van der Waals surface area contributed by atoms with Crippen LogP contribution in [0.4, 0.5) is 0 Å². The fourth-order valence-electron chi connectivity index (χ4n) is 4.60. The van der Waals surface area contributed by atoms with E-state index in [1.165, 1.54) is 5.57 Å². The second kappa shape index (κ2) is 9.88. The molecule has 2 heterocycles. The Hall–Kier alpha value is -1.68. The van der Waals surface area contributed by atoms with Gasteiger partial charge in [0.1, 0.15) is 0 Å². The van der Waals surface area contributed by atoms with Crippen molar-refractivity contribution in [3.05, 3.63) is 48.3 Å². The van der Waals surface area contributed by atoms with Crippen LogP contribution in [0.5, 0.6) is 0 Å². The van der Waals surface area contributed by atoms with E-state index < -0.39 is 0 Å². The van der Waals surface area contributed by atoms with Gasteiger partial charge in [-0.3, -0.25) is 14.9 Å². The van der Waals surface area contributed by atoms with Gasteiger partial charge in [-0.05, 0) is 37.5 Å². The van der Waals surface area contributed by atoms with Crippen LogP contribution in [0, 0.1) is 16.7 Å². The van der Waals surface area contributed by atoms with Gasteiger partial charge >= 0.3 is 0 Å². The zero-order valence-electron chi connectivity index (χ0n) is 19.4. The standard InChI is InChI=1S/C25H41N3O/c1-8-11-25(21(4)29)14-22(24(5,6)7)17-28(18-25)16-19(2)9-10-20(3)23-15-26-12-13-27-23/h9,12-13,15,20,22,29H,4,8,10-11,14,16-18H2,1-3,5-7H3/b19-9+. The average Bonchev–Trinajstić information content (AvgIpc) is 2.66. The lowest BCUT2D eigenvalue weighted by Crippen LogP contribution is -2.51. The van der Waals surface area contributed by atoms with E-state index >= 15 is 0 Å². The molecule has 0 aromatic carbocycles. The zero-order chi connectivity index (χ0) is 21.7. The molecule has 3 atom stereocenters. The molecule has 1 aliphatic rings. The molecule has 162 valence electrons. The minimum atomic E-state index is -0.182. The summed E-state index contributed by atoms with van der Waals surface area (Å²) in [6.45, 7) is 20.5. The third-order valence-electron chi connectivity index (χ3n) is 6.59. The average molecular weight is 400 g/mol. The third-order valence-corrected chi connectivity index (χ3v) is 6.59. The number of allylic oxidation sites excluding steroid dienone is 1. The van der Waals surface area contributed by atoms with E-state index in [9.17, 15) is 5.11 Å². The maximum Gasteiger partial charge on any atom is 0.0925 e. The Kier molecular flexibility index (Phi) is 8.04. The third kappa shape index (κ3) is 6.40. The van der Waals surface area contributed by atoms with Gasteiger partial charge in [0.25, 0.3) is 0 Å². The van der Waals surface area contributed by atoms with Crippen molar-refractivity contribution in [2.45, 2.75) is 73.1 Å². The highest BCUT2D eigenvalue weighted by molar-refractivity contribution is 5.12. The number of hydrogen-bond donors (Lipinski definition) is 1. The SMILES string of the molecule is C=C(O)C1(CCC)CC(C(C)(C)C)CN(C/C(C)=C/CC(C)c2cnccn2)C1. The van der Waals surface area contributed by atoms with Gasteiger partial charge in [-0.2, -0.15) is 0 Å². The molecule has 1 aromatic heterocycles. The molecule has 4 nitrogen and oxygen atoms in total. The number of aliphatic hydroxyl groups is 1. The Balaban J connectivity index is 2.11. The minimum Gasteiger partial charge on any atom is -0.512 e. The molecule has 2 rings (SSSR count). The van der Waals surface area contributed by atoms with Crippen LogP contribution in [0.15, 0.2) is 42.6 Å². The molecule has 0 aliphatic carbocycles. The highest BCUT2D eigenvalue weighted by Crippen LogP contribution is 2.46. The molecule has 1 aromatic rings. The molecule has 0 saturated carbocycles. The Morgan fingerprint density at radius 1 is 1.41 bits per heavy atom. The van der Waals surface area contributed by atoms with Gasteiger partial charge in [-0.1, -0.05) is 59.3 Å². The first-order valence-corrected chi connectivity index (χ1v) is 11.1. The molecular formula is C25H41N3O. The highest BCUT2D eigenvalue weighted by atomic mass is 16.3. The minimum absolute atomic E-state index is 0.182.